The molecular weight excluding hydrogens is 170 g/mol. The van der Waals surface area contributed by atoms with Crippen molar-refractivity contribution >= 4 is 0 Å². The van der Waals surface area contributed by atoms with Crippen molar-refractivity contribution < 1.29 is 5.11 Å². The van der Waals surface area contributed by atoms with Crippen LogP contribution in [0.5, 0.6) is 5.75 Å². The van der Waals surface area contributed by atoms with E-state index in [2.05, 4.69) is 0 Å². The van der Waals surface area contributed by atoms with Crippen LogP contribution in [0.4, 0.5) is 0 Å². The molecule has 0 spiro atoms. The van der Waals surface area contributed by atoms with Gasteiger partial charge in [-0.15, -0.1) is 0 Å². The maximum Gasteiger partial charge on any atom is 0.268 e. The van der Waals surface area contributed by atoms with E-state index in [0.717, 1.165) is 0 Å². The summed E-state index contributed by atoms with van der Waals surface area (Å²) in [4.78, 5) is 21.6. The summed E-state index contributed by atoms with van der Waals surface area (Å²) in [6.07, 6.45) is 0.596. The van der Waals surface area contributed by atoms with Crippen LogP contribution in [0.3, 0.4) is 0 Å². The second-order valence-electron chi connectivity index (χ2n) is 3.66. The van der Waals surface area contributed by atoms with Gasteiger partial charge in [-0.3, -0.25) is 9.59 Å². The first-order valence-corrected chi connectivity index (χ1v) is 4.23. The number of nitrogens with two attached hydrogens (primary N) is 1. The second-order valence-corrected chi connectivity index (χ2v) is 3.66. The smallest absolute Gasteiger partial charge is 0.268 e. The Labute approximate surface area is 75.7 Å². The standard InChI is InChI=1S/C9H13NO3/c1-4(2)3-5(10)6-7(11)9(13)8(6)12/h4-5,11H,3,10H2,1-2H3. The molecule has 0 aliphatic carbocycles. The first kappa shape index (κ1) is 9.92. The third-order valence-corrected chi connectivity index (χ3v) is 2.02. The second kappa shape index (κ2) is 3.30. The van der Waals surface area contributed by atoms with E-state index in [1.165, 1.54) is 0 Å². The summed E-state index contributed by atoms with van der Waals surface area (Å²) in [5.41, 5.74) is 4.28. The van der Waals surface area contributed by atoms with Crippen LogP contribution in [-0.4, -0.2) is 5.11 Å². The summed E-state index contributed by atoms with van der Waals surface area (Å²) in [5, 5.41) is 9.06. The first-order chi connectivity index (χ1) is 5.95. The van der Waals surface area contributed by atoms with E-state index in [1.54, 1.807) is 0 Å². The van der Waals surface area contributed by atoms with E-state index >= 15 is 0 Å². The Hall–Kier alpha value is -1.16. The molecule has 72 valence electrons. The van der Waals surface area contributed by atoms with E-state index in [4.69, 9.17) is 10.8 Å². The van der Waals surface area contributed by atoms with Gasteiger partial charge < -0.3 is 10.8 Å². The minimum Gasteiger partial charge on any atom is -0.504 e. The third kappa shape index (κ3) is 1.62. The van der Waals surface area contributed by atoms with Gasteiger partial charge in [0.2, 0.25) is 5.43 Å². The topological polar surface area (TPSA) is 80.4 Å². The van der Waals surface area contributed by atoms with Gasteiger partial charge in [0.25, 0.3) is 5.43 Å². The van der Waals surface area contributed by atoms with Gasteiger partial charge in [0, 0.05) is 6.04 Å². The van der Waals surface area contributed by atoms with Gasteiger partial charge >= 0.3 is 0 Å². The molecule has 0 radical (unpaired) electrons. The van der Waals surface area contributed by atoms with Crippen LogP contribution in [-0.2, 0) is 0 Å². The summed E-state index contributed by atoms with van der Waals surface area (Å²) in [6.45, 7) is 3.92. The van der Waals surface area contributed by atoms with E-state index in [-0.39, 0.29) is 5.56 Å². The van der Waals surface area contributed by atoms with Gasteiger partial charge in [-0.1, -0.05) is 13.8 Å². The van der Waals surface area contributed by atoms with Crippen LogP contribution in [0.25, 0.3) is 0 Å². The Morgan fingerprint density at radius 2 is 1.85 bits per heavy atom. The van der Waals surface area contributed by atoms with Crippen LogP contribution >= 0.6 is 0 Å². The minimum absolute atomic E-state index is 0.0960. The molecule has 4 nitrogen and oxygen atoms in total. The van der Waals surface area contributed by atoms with Gasteiger partial charge in [0.1, 0.15) is 0 Å². The van der Waals surface area contributed by atoms with E-state index in [1.807, 2.05) is 13.8 Å². The fourth-order valence-electron chi connectivity index (χ4n) is 1.37. The monoisotopic (exact) mass is 183 g/mol. The molecule has 0 fully saturated rings. The van der Waals surface area contributed by atoms with E-state index < -0.39 is 22.6 Å². The van der Waals surface area contributed by atoms with Crippen molar-refractivity contribution in [3.63, 3.8) is 0 Å². The number of rotatable bonds is 3. The molecule has 1 aromatic carbocycles. The maximum absolute atomic E-state index is 10.9. The van der Waals surface area contributed by atoms with Crippen molar-refractivity contribution in [2.45, 2.75) is 26.3 Å². The largest absolute Gasteiger partial charge is 0.504 e. The Morgan fingerprint density at radius 3 is 2.23 bits per heavy atom. The van der Waals surface area contributed by atoms with Crippen LogP contribution in [0.15, 0.2) is 9.59 Å². The molecule has 1 unspecified atom stereocenters. The molecule has 0 aliphatic heterocycles. The molecule has 0 aromatic heterocycles. The number of hydrogen-bond acceptors (Lipinski definition) is 4. The van der Waals surface area contributed by atoms with Crippen molar-refractivity contribution in [2.75, 3.05) is 0 Å². The molecule has 1 aromatic rings. The Balaban J connectivity index is 2.86. The summed E-state index contributed by atoms with van der Waals surface area (Å²) in [6, 6.07) is -0.509. The highest BCUT2D eigenvalue weighted by atomic mass is 16.3. The molecule has 1 rings (SSSR count). The molecule has 0 saturated heterocycles. The predicted molar refractivity (Wildman–Crippen MR) is 49.4 cm³/mol. The maximum atomic E-state index is 10.9. The normalized spacial score (nSPS) is 13.8. The molecule has 3 N–H and O–H groups in total. The van der Waals surface area contributed by atoms with Gasteiger partial charge in [-0.2, -0.15) is 0 Å². The molecule has 0 heterocycles. The zero-order valence-corrected chi connectivity index (χ0v) is 7.70. The number of aromatic hydroxyl groups is 1. The molecule has 0 aliphatic rings. The highest BCUT2D eigenvalue weighted by Gasteiger charge is 2.25. The van der Waals surface area contributed by atoms with Crippen LogP contribution in [0.1, 0.15) is 31.9 Å². The molecule has 4 heteroatoms. The molecule has 0 bridgehead atoms. The van der Waals surface area contributed by atoms with E-state index in [0.29, 0.717) is 12.3 Å². The fraction of sp³-hybridized carbons (Fsp3) is 0.556. The van der Waals surface area contributed by atoms with Crippen LogP contribution < -0.4 is 16.6 Å². The molecule has 13 heavy (non-hydrogen) atoms. The molecule has 0 saturated carbocycles. The Morgan fingerprint density at radius 1 is 1.31 bits per heavy atom. The summed E-state index contributed by atoms with van der Waals surface area (Å²) in [5.74, 6) is -0.114. The van der Waals surface area contributed by atoms with E-state index in [9.17, 15) is 9.59 Å². The lowest BCUT2D eigenvalue weighted by Gasteiger charge is -2.15. The average Bonchev–Trinajstić information content (AvgIpc) is 2.02. The van der Waals surface area contributed by atoms with Crippen LogP contribution in [0, 0.1) is 5.92 Å². The van der Waals surface area contributed by atoms with Crippen molar-refractivity contribution in [1.82, 2.24) is 0 Å². The minimum atomic E-state index is -0.811. The SMILES string of the molecule is CC(C)CC(N)c1c(O)c(=O)c1=O. The average molecular weight is 183 g/mol. The molecular formula is C9H13NO3. The quantitative estimate of drug-likeness (QED) is 0.648. The number of hydrogen-bond donors (Lipinski definition) is 2. The zero-order chi connectivity index (χ0) is 10.2. The highest BCUT2D eigenvalue weighted by Crippen LogP contribution is 2.22. The highest BCUT2D eigenvalue weighted by molar-refractivity contribution is 5.40. The molecule has 1 atom stereocenters. The fourth-order valence-corrected chi connectivity index (χ4v) is 1.37. The van der Waals surface area contributed by atoms with Crippen molar-refractivity contribution in [2.24, 2.45) is 11.7 Å². The zero-order valence-electron chi connectivity index (χ0n) is 7.70. The van der Waals surface area contributed by atoms with Crippen molar-refractivity contribution in [1.29, 1.82) is 0 Å². The van der Waals surface area contributed by atoms with Gasteiger partial charge in [-0.25, -0.2) is 0 Å². The Bertz CT molecular complexity index is 374. The predicted octanol–water partition coefficient (Wildman–Crippen LogP) is 0.0341. The summed E-state index contributed by atoms with van der Waals surface area (Å²) in [7, 11) is 0. The summed E-state index contributed by atoms with van der Waals surface area (Å²) >= 11 is 0. The van der Waals surface area contributed by atoms with Gasteiger partial charge in [-0.05, 0) is 12.3 Å². The van der Waals surface area contributed by atoms with Crippen molar-refractivity contribution in [3.8, 4) is 5.75 Å². The van der Waals surface area contributed by atoms with Crippen LogP contribution in [0.2, 0.25) is 0 Å². The Kier molecular flexibility index (Phi) is 2.52. The van der Waals surface area contributed by atoms with Crippen molar-refractivity contribution in [3.05, 3.63) is 26.0 Å². The summed E-state index contributed by atoms with van der Waals surface area (Å²) < 4.78 is 0. The lowest BCUT2D eigenvalue weighted by Crippen LogP contribution is -2.38. The first-order valence-electron chi connectivity index (χ1n) is 4.23. The third-order valence-electron chi connectivity index (χ3n) is 2.02. The van der Waals surface area contributed by atoms with Gasteiger partial charge in [0.05, 0.1) is 5.56 Å². The molecule has 0 amide bonds. The lowest BCUT2D eigenvalue weighted by atomic mass is 9.94. The lowest BCUT2D eigenvalue weighted by molar-refractivity contribution is 0.429. The van der Waals surface area contributed by atoms with Gasteiger partial charge in [0.15, 0.2) is 5.75 Å².